The largest absolute Gasteiger partial charge is 0.341 e. The predicted molar refractivity (Wildman–Crippen MR) is 114 cm³/mol. The van der Waals surface area contributed by atoms with Gasteiger partial charge in [0.1, 0.15) is 0 Å². The normalized spacial score (nSPS) is 13.3. The SMILES string of the molecule is CNC(=O)N(C)c1cc(Cl)c2c(c1Cl)C(=O)N(Cc1c(C)cc(C)[nH]c1=O)CC2. The number of benzene rings is 1. The van der Waals surface area contributed by atoms with Crippen molar-refractivity contribution in [3.8, 4) is 0 Å². The van der Waals surface area contributed by atoms with Crippen molar-refractivity contribution >= 4 is 40.8 Å². The second kappa shape index (κ2) is 8.08. The summed E-state index contributed by atoms with van der Waals surface area (Å²) < 4.78 is 0. The molecule has 3 rings (SSSR count). The van der Waals surface area contributed by atoms with Crippen LogP contribution in [-0.2, 0) is 13.0 Å². The Morgan fingerprint density at radius 2 is 1.97 bits per heavy atom. The van der Waals surface area contributed by atoms with Crippen molar-refractivity contribution in [2.45, 2.75) is 26.8 Å². The van der Waals surface area contributed by atoms with Crippen molar-refractivity contribution in [2.75, 3.05) is 25.5 Å². The van der Waals surface area contributed by atoms with E-state index in [4.69, 9.17) is 23.2 Å². The molecule has 9 heteroatoms. The maximum Gasteiger partial charge on any atom is 0.321 e. The molecule has 1 aromatic heterocycles. The van der Waals surface area contributed by atoms with Gasteiger partial charge in [0.15, 0.2) is 0 Å². The lowest BCUT2D eigenvalue weighted by Gasteiger charge is -2.31. The fourth-order valence-electron chi connectivity index (χ4n) is 3.57. The Morgan fingerprint density at radius 1 is 1.28 bits per heavy atom. The van der Waals surface area contributed by atoms with Gasteiger partial charge in [0, 0.05) is 36.9 Å². The Balaban J connectivity index is 2.02. The van der Waals surface area contributed by atoms with E-state index in [0.717, 1.165) is 11.3 Å². The van der Waals surface area contributed by atoms with Gasteiger partial charge in [0.2, 0.25) is 0 Å². The van der Waals surface area contributed by atoms with Crippen LogP contribution in [0.2, 0.25) is 10.0 Å². The smallest absolute Gasteiger partial charge is 0.321 e. The number of nitrogens with zero attached hydrogens (tertiary/aromatic N) is 2. The summed E-state index contributed by atoms with van der Waals surface area (Å²) in [5.74, 6) is -0.315. The molecule has 0 fully saturated rings. The summed E-state index contributed by atoms with van der Waals surface area (Å²) in [6.45, 7) is 4.25. The Kier molecular flexibility index (Phi) is 5.91. The van der Waals surface area contributed by atoms with Gasteiger partial charge >= 0.3 is 6.03 Å². The van der Waals surface area contributed by atoms with E-state index in [1.807, 2.05) is 19.9 Å². The Morgan fingerprint density at radius 3 is 2.59 bits per heavy atom. The minimum Gasteiger partial charge on any atom is -0.341 e. The summed E-state index contributed by atoms with van der Waals surface area (Å²) in [5.41, 5.74) is 3.19. The number of aryl methyl sites for hydroxylation is 2. The maximum absolute atomic E-state index is 13.2. The molecule has 0 saturated carbocycles. The van der Waals surface area contributed by atoms with Gasteiger partial charge in [-0.3, -0.25) is 14.5 Å². The monoisotopic (exact) mass is 436 g/mol. The van der Waals surface area contributed by atoms with Gasteiger partial charge in [0.05, 0.1) is 22.8 Å². The number of urea groups is 1. The van der Waals surface area contributed by atoms with E-state index in [1.165, 1.54) is 11.9 Å². The predicted octanol–water partition coefficient (Wildman–Crippen LogP) is 3.27. The minimum absolute atomic E-state index is 0.166. The van der Waals surface area contributed by atoms with Crippen LogP contribution in [0.1, 0.15) is 32.7 Å². The zero-order valence-corrected chi connectivity index (χ0v) is 18.2. The molecule has 0 atom stereocenters. The molecule has 29 heavy (non-hydrogen) atoms. The van der Waals surface area contributed by atoms with E-state index in [2.05, 4.69) is 10.3 Å². The summed E-state index contributed by atoms with van der Waals surface area (Å²) in [7, 11) is 3.05. The molecule has 0 aliphatic carbocycles. The van der Waals surface area contributed by atoms with Gasteiger partial charge in [-0.2, -0.15) is 0 Å². The number of aromatic nitrogens is 1. The number of rotatable bonds is 3. The topological polar surface area (TPSA) is 85.5 Å². The number of halogens is 2. The lowest BCUT2D eigenvalue weighted by Crippen LogP contribution is -2.40. The number of carbonyl (C=O) groups excluding carboxylic acids is 2. The fourth-order valence-corrected chi connectivity index (χ4v) is 4.23. The number of anilines is 1. The first kappa shape index (κ1) is 21.2. The van der Waals surface area contributed by atoms with E-state index in [1.54, 1.807) is 18.0 Å². The van der Waals surface area contributed by atoms with Crippen molar-refractivity contribution in [1.82, 2.24) is 15.2 Å². The zero-order chi connectivity index (χ0) is 21.5. The molecule has 1 aliphatic rings. The molecule has 3 amide bonds. The van der Waals surface area contributed by atoms with Crippen LogP contribution in [0, 0.1) is 13.8 Å². The summed E-state index contributed by atoms with van der Waals surface area (Å²) in [6, 6.07) is 3.08. The first-order valence-electron chi connectivity index (χ1n) is 9.10. The third-order valence-corrected chi connectivity index (χ3v) is 5.87. The van der Waals surface area contributed by atoms with Gasteiger partial charge < -0.3 is 15.2 Å². The summed E-state index contributed by atoms with van der Waals surface area (Å²) in [4.78, 5) is 43.3. The number of hydrogen-bond donors (Lipinski definition) is 2. The molecule has 154 valence electrons. The molecular formula is C20H22Cl2N4O3. The number of H-pyrrole nitrogens is 1. The summed E-state index contributed by atoms with van der Waals surface area (Å²) in [6.07, 6.45) is 0.506. The quantitative estimate of drug-likeness (QED) is 0.773. The van der Waals surface area contributed by atoms with Gasteiger partial charge in [-0.1, -0.05) is 23.2 Å². The van der Waals surface area contributed by atoms with E-state index >= 15 is 0 Å². The van der Waals surface area contributed by atoms with Crippen LogP contribution in [0.3, 0.4) is 0 Å². The molecule has 1 aliphatic heterocycles. The molecule has 0 unspecified atom stereocenters. The van der Waals surface area contributed by atoms with Crippen LogP contribution < -0.4 is 15.8 Å². The van der Waals surface area contributed by atoms with Gasteiger partial charge in [0.25, 0.3) is 11.5 Å². The molecule has 0 spiro atoms. The average molecular weight is 437 g/mol. The van der Waals surface area contributed by atoms with E-state index in [-0.39, 0.29) is 34.6 Å². The summed E-state index contributed by atoms with van der Waals surface area (Å²) >= 11 is 13.0. The van der Waals surface area contributed by atoms with Gasteiger partial charge in [-0.25, -0.2) is 4.79 Å². The molecule has 0 saturated heterocycles. The average Bonchev–Trinajstić information content (AvgIpc) is 2.67. The van der Waals surface area contributed by atoms with Crippen LogP contribution in [0.4, 0.5) is 10.5 Å². The standard InChI is InChI=1S/C20H22Cl2N4O3/c1-10-7-11(2)24-18(27)13(10)9-26-6-5-12-14(21)8-15(25(4)20(29)23-3)17(22)16(12)19(26)28/h7-8H,5-6,9H2,1-4H3,(H,23,29)(H,24,27). The molecule has 7 nitrogen and oxygen atoms in total. The molecule has 0 radical (unpaired) electrons. The Bertz CT molecular complexity index is 1060. The van der Waals surface area contributed by atoms with Crippen LogP contribution in [0.15, 0.2) is 16.9 Å². The number of fused-ring (bicyclic) bond motifs is 1. The second-order valence-corrected chi connectivity index (χ2v) is 7.86. The minimum atomic E-state index is -0.384. The first-order chi connectivity index (χ1) is 13.6. The van der Waals surface area contributed by atoms with E-state index in [0.29, 0.717) is 34.8 Å². The summed E-state index contributed by atoms with van der Waals surface area (Å²) in [5, 5.41) is 3.06. The van der Waals surface area contributed by atoms with Gasteiger partial charge in [-0.05, 0) is 43.5 Å². The maximum atomic E-state index is 13.2. The number of pyridine rings is 1. The number of hydrogen-bond acceptors (Lipinski definition) is 3. The fraction of sp³-hybridized carbons (Fsp3) is 0.350. The zero-order valence-electron chi connectivity index (χ0n) is 16.7. The lowest BCUT2D eigenvalue weighted by atomic mass is 9.96. The number of carbonyl (C=O) groups is 2. The van der Waals surface area contributed by atoms with E-state index in [9.17, 15) is 14.4 Å². The molecule has 2 heterocycles. The molecule has 2 N–H and O–H groups in total. The van der Waals surface area contributed by atoms with Gasteiger partial charge in [-0.15, -0.1) is 0 Å². The third kappa shape index (κ3) is 3.84. The van der Waals surface area contributed by atoms with Crippen molar-refractivity contribution in [1.29, 1.82) is 0 Å². The van der Waals surface area contributed by atoms with Crippen molar-refractivity contribution in [3.05, 3.63) is 60.5 Å². The molecule has 1 aromatic carbocycles. The Labute approximate surface area is 178 Å². The Hall–Kier alpha value is -2.51. The van der Waals surface area contributed by atoms with Crippen LogP contribution >= 0.6 is 23.2 Å². The van der Waals surface area contributed by atoms with Crippen molar-refractivity contribution < 1.29 is 9.59 Å². The first-order valence-corrected chi connectivity index (χ1v) is 9.86. The number of amides is 3. The highest BCUT2D eigenvalue weighted by molar-refractivity contribution is 6.39. The lowest BCUT2D eigenvalue weighted by molar-refractivity contribution is 0.0726. The molecular weight excluding hydrogens is 415 g/mol. The molecule has 2 aromatic rings. The van der Waals surface area contributed by atoms with Crippen LogP contribution in [-0.4, -0.2) is 42.5 Å². The van der Waals surface area contributed by atoms with Crippen LogP contribution in [0.5, 0.6) is 0 Å². The van der Waals surface area contributed by atoms with E-state index < -0.39 is 0 Å². The van der Waals surface area contributed by atoms with Crippen molar-refractivity contribution in [3.63, 3.8) is 0 Å². The second-order valence-electron chi connectivity index (χ2n) is 7.08. The highest BCUT2D eigenvalue weighted by Crippen LogP contribution is 2.39. The van der Waals surface area contributed by atoms with Crippen molar-refractivity contribution in [2.24, 2.45) is 0 Å². The number of nitrogens with one attached hydrogen (secondary N) is 2. The number of aromatic amines is 1. The highest BCUT2D eigenvalue weighted by Gasteiger charge is 2.32. The third-order valence-electron chi connectivity index (χ3n) is 5.15. The highest BCUT2D eigenvalue weighted by atomic mass is 35.5. The molecule has 0 bridgehead atoms. The van der Waals surface area contributed by atoms with Crippen LogP contribution in [0.25, 0.3) is 0 Å².